The summed E-state index contributed by atoms with van der Waals surface area (Å²) in [7, 11) is 0. The summed E-state index contributed by atoms with van der Waals surface area (Å²) in [6.07, 6.45) is 11.7. The summed E-state index contributed by atoms with van der Waals surface area (Å²) in [6.45, 7) is 3.94. The van der Waals surface area contributed by atoms with Gasteiger partial charge in [0, 0.05) is 10.8 Å². The molecule has 154 valence electrons. The lowest BCUT2D eigenvalue weighted by atomic mass is 9.77. The number of aryl methyl sites for hydroxylation is 1. The average molecular weight is 395 g/mol. The molecule has 1 aliphatic carbocycles. The van der Waals surface area contributed by atoms with Crippen LogP contribution in [0.4, 0.5) is 4.39 Å². The summed E-state index contributed by atoms with van der Waals surface area (Å²) in [5.41, 5.74) is 1.34. The predicted octanol–water partition coefficient (Wildman–Crippen LogP) is 7.64. The molecule has 0 bridgehead atoms. The lowest BCUT2D eigenvalue weighted by molar-refractivity contribution is 0.302. The van der Waals surface area contributed by atoms with Crippen LogP contribution in [0, 0.1) is 18.7 Å². The average Bonchev–Trinajstić information content (AvgIpc) is 2.75. The van der Waals surface area contributed by atoms with Gasteiger partial charge < -0.3 is 4.42 Å². The highest BCUT2D eigenvalue weighted by Crippen LogP contribution is 2.39. The summed E-state index contributed by atoms with van der Waals surface area (Å²) in [5, 5.41) is 2.02. The zero-order valence-corrected chi connectivity index (χ0v) is 17.6. The van der Waals surface area contributed by atoms with Crippen molar-refractivity contribution in [2.75, 3.05) is 0 Å². The highest BCUT2D eigenvalue weighted by atomic mass is 19.1. The van der Waals surface area contributed by atoms with Crippen LogP contribution in [0.25, 0.3) is 21.7 Å². The Bertz CT molecular complexity index is 1060. The van der Waals surface area contributed by atoms with E-state index in [1.807, 2.05) is 18.2 Å². The van der Waals surface area contributed by atoms with Gasteiger partial charge in [-0.2, -0.15) is 0 Å². The minimum Gasteiger partial charge on any atom is -0.419 e. The zero-order valence-electron chi connectivity index (χ0n) is 17.6. The third-order valence-electron chi connectivity index (χ3n) is 6.82. The molecule has 1 aromatic heterocycles. The lowest BCUT2D eigenvalue weighted by Crippen LogP contribution is -2.14. The zero-order chi connectivity index (χ0) is 20.4. The highest BCUT2D eigenvalue weighted by molar-refractivity contribution is 6.04. The molecule has 3 heteroatoms. The first kappa shape index (κ1) is 20.1. The van der Waals surface area contributed by atoms with Crippen molar-refractivity contribution < 1.29 is 8.81 Å². The number of rotatable bonds is 6. The Balaban J connectivity index is 1.54. The molecule has 0 unspecified atom stereocenters. The van der Waals surface area contributed by atoms with E-state index in [1.165, 1.54) is 63.4 Å². The number of fused-ring (bicyclic) bond motifs is 3. The van der Waals surface area contributed by atoms with E-state index in [-0.39, 0.29) is 5.58 Å². The SMILES string of the molecule is CCCCCCC1CCC(c2ccc3c(c2)c(=O)oc2c(F)c(C)ccc23)CC1. The normalized spacial score (nSPS) is 19.8. The molecule has 1 heterocycles. The van der Waals surface area contributed by atoms with Gasteiger partial charge in [0.25, 0.3) is 0 Å². The molecular weight excluding hydrogens is 363 g/mol. The fourth-order valence-corrected chi connectivity index (χ4v) is 4.98. The number of hydrogen-bond donors (Lipinski definition) is 0. The van der Waals surface area contributed by atoms with Crippen LogP contribution in [0.2, 0.25) is 0 Å². The molecule has 0 amide bonds. The molecule has 3 aromatic rings. The Morgan fingerprint density at radius 3 is 2.48 bits per heavy atom. The Hall–Kier alpha value is -2.16. The molecule has 0 aliphatic heterocycles. The van der Waals surface area contributed by atoms with Crippen molar-refractivity contribution >= 4 is 21.7 Å². The Labute approximate surface area is 172 Å². The van der Waals surface area contributed by atoms with E-state index in [0.29, 0.717) is 22.3 Å². The fraction of sp³-hybridized carbons (Fsp3) is 0.500. The first-order chi connectivity index (χ1) is 14.1. The maximum Gasteiger partial charge on any atom is 0.344 e. The standard InChI is InChI=1S/C26H31FO2/c1-3-4-5-6-7-18-9-11-19(12-10-18)20-13-15-21-22-14-8-17(2)24(27)25(22)29-26(28)23(21)16-20/h8,13-16,18-19H,3-7,9-12H2,1-2H3. The van der Waals surface area contributed by atoms with E-state index in [4.69, 9.17) is 4.42 Å². The molecule has 0 saturated heterocycles. The molecule has 1 aliphatic rings. The van der Waals surface area contributed by atoms with Gasteiger partial charge in [-0.25, -0.2) is 9.18 Å². The van der Waals surface area contributed by atoms with E-state index in [0.717, 1.165) is 11.3 Å². The van der Waals surface area contributed by atoms with Crippen molar-refractivity contribution in [1.29, 1.82) is 0 Å². The number of unbranched alkanes of at least 4 members (excludes halogenated alkanes) is 3. The van der Waals surface area contributed by atoms with Crippen molar-refractivity contribution in [1.82, 2.24) is 0 Å². The molecule has 0 N–H and O–H groups in total. The number of halogens is 1. The lowest BCUT2D eigenvalue weighted by Gasteiger charge is -2.29. The van der Waals surface area contributed by atoms with Gasteiger partial charge in [-0.1, -0.05) is 63.3 Å². The van der Waals surface area contributed by atoms with Gasteiger partial charge in [-0.15, -0.1) is 0 Å². The first-order valence-electron chi connectivity index (χ1n) is 11.2. The molecule has 0 radical (unpaired) electrons. The Kier molecular flexibility index (Phi) is 6.03. The number of benzene rings is 2. The summed E-state index contributed by atoms with van der Waals surface area (Å²) >= 11 is 0. The number of hydrogen-bond acceptors (Lipinski definition) is 2. The Morgan fingerprint density at radius 1 is 0.966 bits per heavy atom. The molecule has 2 nitrogen and oxygen atoms in total. The van der Waals surface area contributed by atoms with Crippen molar-refractivity contribution in [2.45, 2.75) is 77.6 Å². The summed E-state index contributed by atoms with van der Waals surface area (Å²) in [5.74, 6) is 0.933. The minimum absolute atomic E-state index is 0.0684. The molecule has 0 spiro atoms. The van der Waals surface area contributed by atoms with Gasteiger partial charge in [0.2, 0.25) is 0 Å². The van der Waals surface area contributed by atoms with E-state index >= 15 is 0 Å². The van der Waals surface area contributed by atoms with Gasteiger partial charge in [-0.3, -0.25) is 0 Å². The fourth-order valence-electron chi connectivity index (χ4n) is 4.98. The van der Waals surface area contributed by atoms with Gasteiger partial charge in [0.05, 0.1) is 5.39 Å². The first-order valence-corrected chi connectivity index (χ1v) is 11.2. The molecule has 1 saturated carbocycles. The topological polar surface area (TPSA) is 30.2 Å². The van der Waals surface area contributed by atoms with Crippen LogP contribution in [0.3, 0.4) is 0 Å². The van der Waals surface area contributed by atoms with Crippen LogP contribution in [-0.4, -0.2) is 0 Å². The molecule has 4 rings (SSSR count). The summed E-state index contributed by atoms with van der Waals surface area (Å²) < 4.78 is 19.8. The van der Waals surface area contributed by atoms with Gasteiger partial charge in [0.15, 0.2) is 11.4 Å². The molecule has 0 atom stereocenters. The molecule has 29 heavy (non-hydrogen) atoms. The second-order valence-corrected chi connectivity index (χ2v) is 8.83. The van der Waals surface area contributed by atoms with Crippen molar-refractivity contribution in [2.24, 2.45) is 5.92 Å². The second-order valence-electron chi connectivity index (χ2n) is 8.83. The van der Waals surface area contributed by atoms with E-state index in [1.54, 1.807) is 13.0 Å². The smallest absolute Gasteiger partial charge is 0.344 e. The maximum atomic E-state index is 14.4. The summed E-state index contributed by atoms with van der Waals surface area (Å²) in [6, 6.07) is 9.70. The van der Waals surface area contributed by atoms with E-state index in [2.05, 4.69) is 13.0 Å². The van der Waals surface area contributed by atoms with E-state index in [9.17, 15) is 9.18 Å². The van der Waals surface area contributed by atoms with Crippen LogP contribution in [0.5, 0.6) is 0 Å². The minimum atomic E-state index is -0.442. The van der Waals surface area contributed by atoms with Gasteiger partial charge >= 0.3 is 5.63 Å². The molecule has 2 aromatic carbocycles. The van der Waals surface area contributed by atoms with Crippen molar-refractivity contribution in [3.05, 3.63) is 57.7 Å². The van der Waals surface area contributed by atoms with Crippen LogP contribution in [0.15, 0.2) is 39.5 Å². The third-order valence-corrected chi connectivity index (χ3v) is 6.82. The van der Waals surface area contributed by atoms with Crippen molar-refractivity contribution in [3.63, 3.8) is 0 Å². The van der Waals surface area contributed by atoms with Crippen LogP contribution < -0.4 is 5.63 Å². The summed E-state index contributed by atoms with van der Waals surface area (Å²) in [4.78, 5) is 12.6. The molecule has 1 fully saturated rings. The van der Waals surface area contributed by atoms with Crippen LogP contribution in [0.1, 0.15) is 81.8 Å². The predicted molar refractivity (Wildman–Crippen MR) is 118 cm³/mol. The highest BCUT2D eigenvalue weighted by Gasteiger charge is 2.23. The van der Waals surface area contributed by atoms with Gasteiger partial charge in [-0.05, 0) is 61.6 Å². The van der Waals surface area contributed by atoms with Crippen LogP contribution >= 0.6 is 0 Å². The van der Waals surface area contributed by atoms with Crippen molar-refractivity contribution in [3.8, 4) is 0 Å². The molecular formula is C26H31FO2. The third kappa shape index (κ3) is 4.10. The van der Waals surface area contributed by atoms with Gasteiger partial charge in [0.1, 0.15) is 0 Å². The van der Waals surface area contributed by atoms with E-state index < -0.39 is 11.4 Å². The maximum absolute atomic E-state index is 14.4. The van der Waals surface area contributed by atoms with Crippen LogP contribution in [-0.2, 0) is 0 Å². The Morgan fingerprint density at radius 2 is 1.72 bits per heavy atom. The second kappa shape index (κ2) is 8.69. The quantitative estimate of drug-likeness (QED) is 0.244. The monoisotopic (exact) mass is 394 g/mol. The largest absolute Gasteiger partial charge is 0.419 e.